The first-order valence-corrected chi connectivity index (χ1v) is 10.3. The third-order valence-electron chi connectivity index (χ3n) is 5.30. The summed E-state index contributed by atoms with van der Waals surface area (Å²) < 4.78 is 0. The number of rotatable bonds is 8. The molecule has 8 heteroatoms. The average Bonchev–Trinajstić information content (AvgIpc) is 2.67. The van der Waals surface area contributed by atoms with Crippen LogP contribution in [0.15, 0.2) is 4.99 Å². The van der Waals surface area contributed by atoms with Crippen molar-refractivity contribution in [3.8, 4) is 0 Å². The van der Waals surface area contributed by atoms with E-state index in [1.165, 1.54) is 0 Å². The molecule has 0 atom stereocenters. The SMILES string of the molecule is CCNC(=NCC(C)(C)C(=O)NC)NC1CCN(C(=O)C(CC)CC)CC1.I. The molecule has 164 valence electrons. The highest BCUT2D eigenvalue weighted by Crippen LogP contribution is 2.18. The molecule has 1 saturated heterocycles. The van der Waals surface area contributed by atoms with Gasteiger partial charge in [0.15, 0.2) is 5.96 Å². The lowest BCUT2D eigenvalue weighted by Crippen LogP contribution is -2.51. The van der Waals surface area contributed by atoms with Gasteiger partial charge in [-0.2, -0.15) is 0 Å². The summed E-state index contributed by atoms with van der Waals surface area (Å²) in [6.07, 6.45) is 3.64. The topological polar surface area (TPSA) is 85.8 Å². The standard InChI is InChI=1S/C20H39N5O2.HI/c1-7-15(8-2)17(26)25-12-10-16(11-13-25)24-19(22-9-3)23-14-20(4,5)18(27)21-6;/h15-16H,7-14H2,1-6H3,(H,21,27)(H2,22,23,24);1H. The first-order chi connectivity index (χ1) is 12.8. The summed E-state index contributed by atoms with van der Waals surface area (Å²) in [6, 6.07) is 0.289. The second kappa shape index (κ2) is 13.2. The maximum Gasteiger partial charge on any atom is 0.227 e. The van der Waals surface area contributed by atoms with Crippen molar-refractivity contribution in [2.45, 2.75) is 66.3 Å². The number of carbonyl (C=O) groups is 2. The predicted molar refractivity (Wildman–Crippen MR) is 126 cm³/mol. The van der Waals surface area contributed by atoms with Crippen molar-refractivity contribution in [1.29, 1.82) is 0 Å². The molecule has 0 aromatic carbocycles. The van der Waals surface area contributed by atoms with Crippen molar-refractivity contribution >= 4 is 41.8 Å². The highest BCUT2D eigenvalue weighted by atomic mass is 127. The van der Waals surface area contributed by atoms with Gasteiger partial charge in [-0.1, -0.05) is 13.8 Å². The van der Waals surface area contributed by atoms with Crippen LogP contribution in [-0.4, -0.2) is 61.9 Å². The number of piperidine rings is 1. The molecule has 3 N–H and O–H groups in total. The average molecular weight is 509 g/mol. The second-order valence-electron chi connectivity index (χ2n) is 7.92. The minimum absolute atomic E-state index is 0. The van der Waals surface area contributed by atoms with E-state index in [4.69, 9.17) is 0 Å². The number of amides is 2. The van der Waals surface area contributed by atoms with E-state index in [9.17, 15) is 9.59 Å². The van der Waals surface area contributed by atoms with Crippen molar-refractivity contribution in [1.82, 2.24) is 20.9 Å². The van der Waals surface area contributed by atoms with Crippen LogP contribution < -0.4 is 16.0 Å². The van der Waals surface area contributed by atoms with E-state index in [-0.39, 0.29) is 41.8 Å². The van der Waals surface area contributed by atoms with E-state index >= 15 is 0 Å². The Hall–Kier alpha value is -1.06. The summed E-state index contributed by atoms with van der Waals surface area (Å²) >= 11 is 0. The maximum atomic E-state index is 12.5. The molecule has 1 heterocycles. The van der Waals surface area contributed by atoms with Gasteiger partial charge in [0.25, 0.3) is 0 Å². The zero-order valence-electron chi connectivity index (χ0n) is 18.4. The Bertz CT molecular complexity index is 513. The monoisotopic (exact) mass is 509 g/mol. The molecule has 2 amide bonds. The van der Waals surface area contributed by atoms with Crippen LogP contribution in [0, 0.1) is 11.3 Å². The molecule has 1 aliphatic heterocycles. The van der Waals surface area contributed by atoms with Crippen LogP contribution in [0.5, 0.6) is 0 Å². The van der Waals surface area contributed by atoms with Gasteiger partial charge in [-0.3, -0.25) is 14.6 Å². The fourth-order valence-corrected chi connectivity index (χ4v) is 3.34. The number of nitrogens with zero attached hydrogens (tertiary/aromatic N) is 2. The number of guanidine groups is 1. The summed E-state index contributed by atoms with van der Waals surface area (Å²) in [6.45, 7) is 12.7. The maximum absolute atomic E-state index is 12.5. The van der Waals surface area contributed by atoms with E-state index in [2.05, 4.69) is 34.8 Å². The van der Waals surface area contributed by atoms with Crippen molar-refractivity contribution < 1.29 is 9.59 Å². The summed E-state index contributed by atoms with van der Waals surface area (Å²) in [5.74, 6) is 1.17. The van der Waals surface area contributed by atoms with Gasteiger partial charge in [0.05, 0.1) is 12.0 Å². The minimum atomic E-state index is -0.553. The number of halogens is 1. The fraction of sp³-hybridized carbons (Fsp3) is 0.850. The van der Waals surface area contributed by atoms with Gasteiger partial charge in [-0.05, 0) is 46.5 Å². The molecule has 0 saturated carbocycles. The Kier molecular flexibility index (Phi) is 12.7. The molecule has 0 aliphatic carbocycles. The molecule has 0 aromatic rings. The van der Waals surface area contributed by atoms with E-state index in [1.807, 2.05) is 25.7 Å². The number of nitrogens with one attached hydrogen (secondary N) is 3. The highest BCUT2D eigenvalue weighted by molar-refractivity contribution is 14.0. The minimum Gasteiger partial charge on any atom is -0.359 e. The highest BCUT2D eigenvalue weighted by Gasteiger charge is 2.28. The molecule has 0 bridgehead atoms. The number of carbonyl (C=O) groups excluding carboxylic acids is 2. The lowest BCUT2D eigenvalue weighted by Gasteiger charge is -2.35. The summed E-state index contributed by atoms with van der Waals surface area (Å²) in [7, 11) is 1.65. The van der Waals surface area contributed by atoms with Crippen molar-refractivity contribution in [2.24, 2.45) is 16.3 Å². The van der Waals surface area contributed by atoms with Crippen molar-refractivity contribution in [2.75, 3.05) is 33.2 Å². The van der Waals surface area contributed by atoms with Crippen LogP contribution in [0.3, 0.4) is 0 Å². The first-order valence-electron chi connectivity index (χ1n) is 10.3. The van der Waals surface area contributed by atoms with E-state index < -0.39 is 5.41 Å². The summed E-state index contributed by atoms with van der Waals surface area (Å²) in [5.41, 5.74) is -0.553. The number of likely N-dealkylation sites (tertiary alicyclic amines) is 1. The van der Waals surface area contributed by atoms with Gasteiger partial charge >= 0.3 is 0 Å². The fourth-order valence-electron chi connectivity index (χ4n) is 3.34. The third-order valence-corrected chi connectivity index (χ3v) is 5.30. The zero-order valence-corrected chi connectivity index (χ0v) is 20.8. The lowest BCUT2D eigenvalue weighted by molar-refractivity contribution is -0.136. The summed E-state index contributed by atoms with van der Waals surface area (Å²) in [5, 5.41) is 9.42. The Morgan fingerprint density at radius 2 is 1.71 bits per heavy atom. The molecule has 0 unspecified atom stereocenters. The van der Waals surface area contributed by atoms with Crippen LogP contribution in [0.4, 0.5) is 0 Å². The number of aliphatic imine (C=N–C) groups is 1. The molecule has 0 radical (unpaired) electrons. The van der Waals surface area contributed by atoms with E-state index in [0.717, 1.165) is 51.3 Å². The van der Waals surface area contributed by atoms with Crippen LogP contribution in [0.25, 0.3) is 0 Å². The molecule has 0 aromatic heterocycles. The van der Waals surface area contributed by atoms with E-state index in [0.29, 0.717) is 12.5 Å². The number of hydrogen-bond donors (Lipinski definition) is 3. The molecule has 0 spiro atoms. The van der Waals surface area contributed by atoms with Crippen LogP contribution in [0.1, 0.15) is 60.3 Å². The van der Waals surface area contributed by atoms with E-state index in [1.54, 1.807) is 7.05 Å². The zero-order chi connectivity index (χ0) is 20.4. The molecular formula is C20H40IN5O2. The van der Waals surface area contributed by atoms with Gasteiger partial charge in [-0.15, -0.1) is 24.0 Å². The largest absolute Gasteiger partial charge is 0.359 e. The molecule has 28 heavy (non-hydrogen) atoms. The van der Waals surface area contributed by atoms with Crippen LogP contribution >= 0.6 is 24.0 Å². The first kappa shape index (κ1) is 26.9. The Morgan fingerprint density at radius 3 is 2.18 bits per heavy atom. The number of hydrogen-bond acceptors (Lipinski definition) is 3. The molecular weight excluding hydrogens is 469 g/mol. The Balaban J connectivity index is 0.00000729. The Labute approximate surface area is 187 Å². The van der Waals surface area contributed by atoms with Crippen LogP contribution in [0.2, 0.25) is 0 Å². The molecule has 7 nitrogen and oxygen atoms in total. The Morgan fingerprint density at radius 1 is 1.14 bits per heavy atom. The van der Waals surface area contributed by atoms with Gasteiger partial charge < -0.3 is 20.9 Å². The quantitative estimate of drug-likeness (QED) is 0.267. The normalized spacial score (nSPS) is 15.8. The molecule has 1 rings (SSSR count). The predicted octanol–water partition coefficient (Wildman–Crippen LogP) is 2.36. The van der Waals surface area contributed by atoms with Gasteiger partial charge in [0, 0.05) is 38.6 Å². The smallest absolute Gasteiger partial charge is 0.227 e. The third kappa shape index (κ3) is 8.13. The molecule has 1 fully saturated rings. The van der Waals surface area contributed by atoms with Crippen molar-refractivity contribution in [3.63, 3.8) is 0 Å². The molecule has 1 aliphatic rings. The van der Waals surface area contributed by atoms with Crippen LogP contribution in [-0.2, 0) is 9.59 Å². The van der Waals surface area contributed by atoms with Gasteiger partial charge in [0.1, 0.15) is 0 Å². The van der Waals surface area contributed by atoms with Gasteiger partial charge in [0.2, 0.25) is 11.8 Å². The summed E-state index contributed by atoms with van der Waals surface area (Å²) in [4.78, 5) is 31.1. The van der Waals surface area contributed by atoms with Crippen molar-refractivity contribution in [3.05, 3.63) is 0 Å². The second-order valence-corrected chi connectivity index (χ2v) is 7.92. The lowest BCUT2D eigenvalue weighted by atomic mass is 9.93. The van der Waals surface area contributed by atoms with Gasteiger partial charge in [-0.25, -0.2) is 0 Å².